The number of anilines is 1. The van der Waals surface area contributed by atoms with E-state index >= 15 is 0 Å². The summed E-state index contributed by atoms with van der Waals surface area (Å²) in [5.74, 6) is -0.588. The normalized spacial score (nSPS) is 11.0. The molecule has 0 radical (unpaired) electrons. The predicted molar refractivity (Wildman–Crippen MR) is 112 cm³/mol. The zero-order chi connectivity index (χ0) is 21.9. The van der Waals surface area contributed by atoms with Gasteiger partial charge in [-0.25, -0.2) is 8.42 Å². The van der Waals surface area contributed by atoms with Crippen LogP contribution in [0, 0.1) is 10.1 Å². The van der Waals surface area contributed by atoms with Crippen LogP contribution in [0.5, 0.6) is 5.75 Å². The number of non-ortho nitro benzene ring substituents is 1. The van der Waals surface area contributed by atoms with E-state index in [9.17, 15) is 23.3 Å². The number of carbonyl (C=O) groups excluding carboxylic acids is 1. The van der Waals surface area contributed by atoms with Crippen LogP contribution in [0.15, 0.2) is 77.7 Å². The van der Waals surface area contributed by atoms with E-state index in [4.69, 9.17) is 16.3 Å². The molecule has 0 saturated heterocycles. The van der Waals surface area contributed by atoms with Gasteiger partial charge in [0.25, 0.3) is 21.6 Å². The standard InChI is InChI=1S/C20H15ClN2O6S/c1-29-19-12-11-16(13-18(19)21)22(30(27,28)17-5-3-2-4-6-17)20(24)14-7-9-15(10-8-14)23(25)26/h2-13H,1H3. The summed E-state index contributed by atoms with van der Waals surface area (Å²) in [4.78, 5) is 23.4. The third-order valence-electron chi connectivity index (χ3n) is 4.16. The van der Waals surface area contributed by atoms with Gasteiger partial charge in [-0.05, 0) is 42.5 Å². The van der Waals surface area contributed by atoms with E-state index in [2.05, 4.69) is 0 Å². The third-order valence-corrected chi connectivity index (χ3v) is 6.18. The van der Waals surface area contributed by atoms with Crippen molar-refractivity contribution in [2.75, 3.05) is 11.4 Å². The van der Waals surface area contributed by atoms with Crippen LogP contribution in [0.3, 0.4) is 0 Å². The maximum atomic E-state index is 13.3. The van der Waals surface area contributed by atoms with E-state index in [1.54, 1.807) is 6.07 Å². The summed E-state index contributed by atoms with van der Waals surface area (Å²) in [6.07, 6.45) is 0. The van der Waals surface area contributed by atoms with Crippen LogP contribution in [0.2, 0.25) is 5.02 Å². The lowest BCUT2D eigenvalue weighted by atomic mass is 10.2. The number of nitro groups is 1. The molecule has 0 fully saturated rings. The summed E-state index contributed by atoms with van der Waals surface area (Å²) in [6, 6.07) is 16.2. The molecule has 0 N–H and O–H groups in total. The maximum Gasteiger partial charge on any atom is 0.272 e. The fourth-order valence-electron chi connectivity index (χ4n) is 2.69. The second kappa shape index (κ2) is 8.52. The zero-order valence-corrected chi connectivity index (χ0v) is 17.1. The number of sulfonamides is 1. The van der Waals surface area contributed by atoms with Gasteiger partial charge in [0.2, 0.25) is 0 Å². The summed E-state index contributed by atoms with van der Waals surface area (Å²) in [5.41, 5.74) is -0.281. The number of ether oxygens (including phenoxy) is 1. The van der Waals surface area contributed by atoms with Crippen molar-refractivity contribution in [1.29, 1.82) is 0 Å². The second-order valence-electron chi connectivity index (χ2n) is 6.01. The average molecular weight is 447 g/mol. The Balaban J connectivity index is 2.15. The van der Waals surface area contributed by atoms with Crippen molar-refractivity contribution in [3.05, 3.63) is 93.5 Å². The Hall–Kier alpha value is -3.43. The minimum atomic E-state index is -4.31. The molecule has 0 aromatic heterocycles. The predicted octanol–water partition coefficient (Wildman–Crippen LogP) is 4.29. The van der Waals surface area contributed by atoms with Crippen molar-refractivity contribution in [2.24, 2.45) is 0 Å². The van der Waals surface area contributed by atoms with Crippen LogP contribution < -0.4 is 9.04 Å². The number of hydrogen-bond donors (Lipinski definition) is 0. The lowest BCUT2D eigenvalue weighted by Gasteiger charge is -2.23. The average Bonchev–Trinajstić information content (AvgIpc) is 2.74. The van der Waals surface area contributed by atoms with Crippen LogP contribution in [-0.4, -0.2) is 26.4 Å². The Morgan fingerprint density at radius 2 is 1.67 bits per heavy atom. The number of carbonyl (C=O) groups is 1. The van der Waals surface area contributed by atoms with E-state index in [1.807, 2.05) is 0 Å². The Kier molecular flexibility index (Phi) is 6.04. The molecule has 154 valence electrons. The minimum absolute atomic E-state index is 0.00648. The molecule has 1 amide bonds. The first-order valence-electron chi connectivity index (χ1n) is 8.48. The van der Waals surface area contributed by atoms with Gasteiger partial charge in [-0.2, -0.15) is 4.31 Å². The molecule has 3 aromatic rings. The number of methoxy groups -OCH3 is 1. The molecule has 3 aromatic carbocycles. The van der Waals surface area contributed by atoms with Gasteiger partial charge >= 0.3 is 0 Å². The first-order valence-corrected chi connectivity index (χ1v) is 10.3. The Bertz CT molecular complexity index is 1200. The first-order chi connectivity index (χ1) is 14.3. The highest BCUT2D eigenvalue weighted by Crippen LogP contribution is 2.33. The second-order valence-corrected chi connectivity index (χ2v) is 8.20. The molecule has 0 heterocycles. The minimum Gasteiger partial charge on any atom is -0.495 e. The molecule has 0 atom stereocenters. The third kappa shape index (κ3) is 4.12. The van der Waals surface area contributed by atoms with Crippen molar-refractivity contribution < 1.29 is 22.9 Å². The first kappa shape index (κ1) is 21.3. The molecular weight excluding hydrogens is 432 g/mol. The quantitative estimate of drug-likeness (QED) is 0.413. The lowest BCUT2D eigenvalue weighted by Crippen LogP contribution is -2.37. The topological polar surface area (TPSA) is 107 Å². The summed E-state index contributed by atoms with van der Waals surface area (Å²) in [5, 5.41) is 11.0. The van der Waals surface area contributed by atoms with Crippen molar-refractivity contribution in [3.8, 4) is 5.75 Å². The molecule has 0 aliphatic heterocycles. The smallest absolute Gasteiger partial charge is 0.272 e. The van der Waals surface area contributed by atoms with Gasteiger partial charge in [0.1, 0.15) is 5.75 Å². The maximum absolute atomic E-state index is 13.3. The molecule has 0 aliphatic carbocycles. The highest BCUT2D eigenvalue weighted by atomic mass is 35.5. The monoisotopic (exact) mass is 446 g/mol. The number of amides is 1. The van der Waals surface area contributed by atoms with Crippen molar-refractivity contribution in [2.45, 2.75) is 4.90 Å². The van der Waals surface area contributed by atoms with Crippen molar-refractivity contribution >= 4 is 38.9 Å². The molecule has 0 bridgehead atoms. The van der Waals surface area contributed by atoms with Gasteiger partial charge in [-0.1, -0.05) is 29.8 Å². The van der Waals surface area contributed by atoms with Gasteiger partial charge in [-0.15, -0.1) is 0 Å². The van der Waals surface area contributed by atoms with E-state index < -0.39 is 20.9 Å². The van der Waals surface area contributed by atoms with E-state index in [-0.39, 0.29) is 26.9 Å². The van der Waals surface area contributed by atoms with Crippen LogP contribution in [0.4, 0.5) is 11.4 Å². The van der Waals surface area contributed by atoms with Gasteiger partial charge in [-0.3, -0.25) is 14.9 Å². The molecule has 0 unspecified atom stereocenters. The molecule has 0 saturated carbocycles. The van der Waals surface area contributed by atoms with Crippen LogP contribution in [0.1, 0.15) is 10.4 Å². The molecule has 30 heavy (non-hydrogen) atoms. The number of hydrogen-bond acceptors (Lipinski definition) is 6. The zero-order valence-electron chi connectivity index (χ0n) is 15.6. The summed E-state index contributed by atoms with van der Waals surface area (Å²) >= 11 is 6.14. The number of rotatable bonds is 6. The van der Waals surface area contributed by atoms with Gasteiger partial charge < -0.3 is 4.74 Å². The Morgan fingerprint density at radius 1 is 1.03 bits per heavy atom. The van der Waals surface area contributed by atoms with Crippen LogP contribution in [-0.2, 0) is 10.0 Å². The number of nitro benzene ring substituents is 1. The summed E-state index contributed by atoms with van der Waals surface area (Å²) in [6.45, 7) is 0. The van der Waals surface area contributed by atoms with Crippen molar-refractivity contribution in [1.82, 2.24) is 0 Å². The van der Waals surface area contributed by atoms with Gasteiger partial charge in [0, 0.05) is 17.7 Å². The number of nitrogens with zero attached hydrogens (tertiary/aromatic N) is 2. The highest BCUT2D eigenvalue weighted by Gasteiger charge is 2.32. The molecule has 3 rings (SSSR count). The summed E-state index contributed by atoms with van der Waals surface area (Å²) in [7, 11) is -2.91. The Morgan fingerprint density at radius 3 is 2.20 bits per heavy atom. The van der Waals surface area contributed by atoms with E-state index in [0.29, 0.717) is 10.1 Å². The van der Waals surface area contributed by atoms with Crippen LogP contribution >= 0.6 is 11.6 Å². The molecular formula is C20H15ClN2O6S. The fraction of sp³-hybridized carbons (Fsp3) is 0.0500. The fourth-order valence-corrected chi connectivity index (χ4v) is 4.37. The number of benzene rings is 3. The largest absolute Gasteiger partial charge is 0.495 e. The van der Waals surface area contributed by atoms with Crippen LogP contribution in [0.25, 0.3) is 0 Å². The summed E-state index contributed by atoms with van der Waals surface area (Å²) < 4.78 is 32.3. The highest BCUT2D eigenvalue weighted by molar-refractivity contribution is 7.93. The molecule has 0 spiro atoms. The van der Waals surface area contributed by atoms with Gasteiger partial charge in [0.05, 0.1) is 27.6 Å². The van der Waals surface area contributed by atoms with Crippen molar-refractivity contribution in [3.63, 3.8) is 0 Å². The molecule has 8 nitrogen and oxygen atoms in total. The Labute approximate surface area is 177 Å². The van der Waals surface area contributed by atoms with E-state index in [1.165, 1.54) is 61.7 Å². The molecule has 10 heteroatoms. The lowest BCUT2D eigenvalue weighted by molar-refractivity contribution is -0.384. The van der Waals surface area contributed by atoms with E-state index in [0.717, 1.165) is 12.1 Å². The molecule has 0 aliphatic rings. The SMILES string of the molecule is COc1ccc(N(C(=O)c2ccc([N+](=O)[O-])cc2)S(=O)(=O)c2ccccc2)cc1Cl. The van der Waals surface area contributed by atoms with Gasteiger partial charge in [0.15, 0.2) is 0 Å². The number of halogens is 1.